The Labute approximate surface area is 106 Å². The fourth-order valence-electron chi connectivity index (χ4n) is 1.85. The van der Waals surface area contributed by atoms with Crippen molar-refractivity contribution in [2.75, 3.05) is 18.4 Å². The second kappa shape index (κ2) is 4.62. The van der Waals surface area contributed by atoms with Crippen molar-refractivity contribution in [1.82, 2.24) is 5.32 Å². The summed E-state index contributed by atoms with van der Waals surface area (Å²) in [7, 11) is 0. The summed E-state index contributed by atoms with van der Waals surface area (Å²) in [4.78, 5) is 10.8. The Hall–Kier alpha value is -1.14. The van der Waals surface area contributed by atoms with Gasteiger partial charge in [0.15, 0.2) is 0 Å². The van der Waals surface area contributed by atoms with Crippen LogP contribution in [0, 0.1) is 5.82 Å². The van der Waals surface area contributed by atoms with Crippen LogP contribution in [0.25, 0.3) is 0 Å². The molecule has 4 nitrogen and oxygen atoms in total. The van der Waals surface area contributed by atoms with Gasteiger partial charge in [0, 0.05) is 17.6 Å². The van der Waals surface area contributed by atoms with Crippen molar-refractivity contribution in [3.05, 3.63) is 28.5 Å². The highest BCUT2D eigenvalue weighted by atomic mass is 79.9. The van der Waals surface area contributed by atoms with Gasteiger partial charge in [-0.2, -0.15) is 0 Å². The molecule has 1 aliphatic rings. The molecule has 0 saturated carbocycles. The second-order valence-electron chi connectivity index (χ2n) is 4.20. The van der Waals surface area contributed by atoms with Crippen LogP contribution in [0.2, 0.25) is 0 Å². The molecule has 0 spiro atoms. The summed E-state index contributed by atoms with van der Waals surface area (Å²) in [6.45, 7) is 1.05. The molecule has 0 atom stereocenters. The molecule has 0 aliphatic carbocycles. The first kappa shape index (κ1) is 12.3. The number of carboxylic acid groups (broad SMARTS) is 1. The first-order chi connectivity index (χ1) is 8.01. The molecule has 1 saturated heterocycles. The maximum atomic E-state index is 13.6. The van der Waals surface area contributed by atoms with Gasteiger partial charge >= 0.3 is 5.97 Å². The molecule has 0 radical (unpaired) electrons. The van der Waals surface area contributed by atoms with Crippen molar-refractivity contribution >= 4 is 27.6 Å². The number of carbonyl (C=O) groups is 1. The van der Waals surface area contributed by atoms with Crippen LogP contribution >= 0.6 is 15.9 Å². The van der Waals surface area contributed by atoms with Gasteiger partial charge in [-0.15, -0.1) is 0 Å². The first-order valence-corrected chi connectivity index (χ1v) is 5.96. The van der Waals surface area contributed by atoms with Crippen LogP contribution in [0.3, 0.4) is 0 Å². The molecule has 0 bridgehead atoms. The molecule has 1 aliphatic heterocycles. The standard InChI is InChI=1S/C11H12BrFN2O2/c12-7-1-2-9(8(13)3-7)15-11(4-10(16)17)5-14-6-11/h1-3,14-15H,4-6H2,(H,16,17). The lowest BCUT2D eigenvalue weighted by molar-refractivity contribution is -0.138. The van der Waals surface area contributed by atoms with Crippen molar-refractivity contribution in [2.24, 2.45) is 0 Å². The Bertz CT molecular complexity index is 449. The summed E-state index contributed by atoms with van der Waals surface area (Å²) in [6.07, 6.45) is -0.0322. The van der Waals surface area contributed by atoms with Gasteiger partial charge in [0.05, 0.1) is 17.6 Å². The number of hydrogen-bond donors (Lipinski definition) is 3. The van der Waals surface area contributed by atoms with Crippen molar-refractivity contribution in [3.63, 3.8) is 0 Å². The van der Waals surface area contributed by atoms with E-state index in [0.29, 0.717) is 23.2 Å². The van der Waals surface area contributed by atoms with E-state index in [1.54, 1.807) is 12.1 Å². The molecular formula is C11H12BrFN2O2. The Kier molecular flexibility index (Phi) is 3.35. The number of aliphatic carboxylic acids is 1. The van der Waals surface area contributed by atoms with Gasteiger partial charge in [0.1, 0.15) is 5.82 Å². The van der Waals surface area contributed by atoms with Crippen LogP contribution in [0.15, 0.2) is 22.7 Å². The molecule has 1 fully saturated rings. The van der Waals surface area contributed by atoms with Gasteiger partial charge in [-0.05, 0) is 18.2 Å². The molecule has 0 unspecified atom stereocenters. The summed E-state index contributed by atoms with van der Waals surface area (Å²) in [6, 6.07) is 4.66. The van der Waals surface area contributed by atoms with Crippen LogP contribution in [0.5, 0.6) is 0 Å². The average Bonchev–Trinajstić information content (AvgIpc) is 2.18. The molecule has 92 valence electrons. The summed E-state index contributed by atoms with van der Waals surface area (Å²) in [5.74, 6) is -1.28. The van der Waals surface area contributed by atoms with Crippen LogP contribution in [0.4, 0.5) is 10.1 Å². The third kappa shape index (κ3) is 2.76. The fourth-order valence-corrected chi connectivity index (χ4v) is 2.18. The quantitative estimate of drug-likeness (QED) is 0.794. The number of hydrogen-bond acceptors (Lipinski definition) is 3. The molecule has 1 aromatic rings. The molecule has 3 N–H and O–H groups in total. The van der Waals surface area contributed by atoms with Crippen LogP contribution in [-0.4, -0.2) is 29.7 Å². The summed E-state index contributed by atoms with van der Waals surface area (Å²) in [5.41, 5.74) is -0.253. The maximum Gasteiger partial charge on any atom is 0.305 e. The van der Waals surface area contributed by atoms with Crippen molar-refractivity contribution in [2.45, 2.75) is 12.0 Å². The van der Waals surface area contributed by atoms with E-state index in [2.05, 4.69) is 26.6 Å². The molecule has 1 heterocycles. The topological polar surface area (TPSA) is 61.4 Å². The zero-order valence-corrected chi connectivity index (χ0v) is 10.6. The molecule has 0 aromatic heterocycles. The Balaban J connectivity index is 2.15. The first-order valence-electron chi connectivity index (χ1n) is 5.17. The highest BCUT2D eigenvalue weighted by Gasteiger charge is 2.39. The van der Waals surface area contributed by atoms with Gasteiger partial charge in [-0.3, -0.25) is 4.79 Å². The van der Waals surface area contributed by atoms with Gasteiger partial charge in [0.2, 0.25) is 0 Å². The second-order valence-corrected chi connectivity index (χ2v) is 5.12. The minimum atomic E-state index is -0.892. The van der Waals surface area contributed by atoms with E-state index < -0.39 is 17.3 Å². The fraction of sp³-hybridized carbons (Fsp3) is 0.364. The van der Waals surface area contributed by atoms with Crippen LogP contribution < -0.4 is 10.6 Å². The summed E-state index contributed by atoms with van der Waals surface area (Å²) < 4.78 is 14.3. The SMILES string of the molecule is O=C(O)CC1(Nc2ccc(Br)cc2F)CNC1. The Morgan fingerprint density at radius 1 is 1.59 bits per heavy atom. The van der Waals surface area contributed by atoms with E-state index in [-0.39, 0.29) is 6.42 Å². The third-order valence-corrected chi connectivity index (χ3v) is 3.24. The molecule has 0 amide bonds. The molecule has 17 heavy (non-hydrogen) atoms. The lowest BCUT2D eigenvalue weighted by atomic mass is 9.88. The predicted octanol–water partition coefficient (Wildman–Crippen LogP) is 1.82. The smallest absolute Gasteiger partial charge is 0.305 e. The third-order valence-electron chi connectivity index (χ3n) is 2.75. The zero-order chi connectivity index (χ0) is 12.5. The van der Waals surface area contributed by atoms with E-state index in [1.807, 2.05) is 0 Å². The van der Waals surface area contributed by atoms with E-state index in [1.165, 1.54) is 6.07 Å². The van der Waals surface area contributed by atoms with Gasteiger partial charge in [-0.25, -0.2) is 4.39 Å². The van der Waals surface area contributed by atoms with Crippen molar-refractivity contribution < 1.29 is 14.3 Å². The minimum absolute atomic E-state index is 0.0322. The van der Waals surface area contributed by atoms with Gasteiger partial charge in [-0.1, -0.05) is 15.9 Å². The minimum Gasteiger partial charge on any atom is -0.481 e. The number of anilines is 1. The monoisotopic (exact) mass is 302 g/mol. The van der Waals surface area contributed by atoms with Crippen LogP contribution in [0.1, 0.15) is 6.42 Å². The number of carboxylic acids is 1. The molecule has 6 heteroatoms. The highest BCUT2D eigenvalue weighted by molar-refractivity contribution is 9.10. The number of halogens is 2. The van der Waals surface area contributed by atoms with Gasteiger partial charge < -0.3 is 15.7 Å². The normalized spacial score (nSPS) is 17.3. The van der Waals surface area contributed by atoms with E-state index in [4.69, 9.17) is 5.11 Å². The van der Waals surface area contributed by atoms with Crippen LogP contribution in [-0.2, 0) is 4.79 Å². The van der Waals surface area contributed by atoms with Crippen molar-refractivity contribution in [3.8, 4) is 0 Å². The number of rotatable bonds is 4. The van der Waals surface area contributed by atoms with Gasteiger partial charge in [0.25, 0.3) is 0 Å². The zero-order valence-electron chi connectivity index (χ0n) is 8.96. The lowest BCUT2D eigenvalue weighted by Crippen LogP contribution is -2.65. The van der Waals surface area contributed by atoms with E-state index in [9.17, 15) is 9.18 Å². The number of nitrogens with one attached hydrogen (secondary N) is 2. The largest absolute Gasteiger partial charge is 0.481 e. The highest BCUT2D eigenvalue weighted by Crippen LogP contribution is 2.26. The lowest BCUT2D eigenvalue weighted by Gasteiger charge is -2.43. The Morgan fingerprint density at radius 3 is 2.76 bits per heavy atom. The van der Waals surface area contributed by atoms with E-state index in [0.717, 1.165) is 0 Å². The Morgan fingerprint density at radius 2 is 2.29 bits per heavy atom. The average molecular weight is 303 g/mol. The summed E-state index contributed by atoms with van der Waals surface area (Å²) >= 11 is 3.17. The number of benzene rings is 1. The summed E-state index contributed by atoms with van der Waals surface area (Å²) in [5, 5.41) is 14.8. The predicted molar refractivity (Wildman–Crippen MR) is 65.6 cm³/mol. The molecule has 2 rings (SSSR count). The molecule has 1 aromatic carbocycles. The van der Waals surface area contributed by atoms with Crippen molar-refractivity contribution in [1.29, 1.82) is 0 Å². The van der Waals surface area contributed by atoms with E-state index >= 15 is 0 Å². The molecular weight excluding hydrogens is 291 g/mol. The maximum absolute atomic E-state index is 13.6.